The lowest BCUT2D eigenvalue weighted by Gasteiger charge is -2.12. The molecule has 7 nitrogen and oxygen atoms in total. The third-order valence-corrected chi connectivity index (χ3v) is 5.18. The predicted molar refractivity (Wildman–Crippen MR) is 86.3 cm³/mol. The second-order valence-electron chi connectivity index (χ2n) is 5.11. The molecule has 0 aliphatic heterocycles. The van der Waals surface area contributed by atoms with Crippen molar-refractivity contribution in [1.29, 1.82) is 0 Å². The molecular formula is C15H21N3O4S. The Balaban J connectivity index is 2.32. The van der Waals surface area contributed by atoms with E-state index in [1.807, 2.05) is 20.9 Å². The van der Waals surface area contributed by atoms with Crippen molar-refractivity contribution in [3.8, 4) is 11.5 Å². The van der Waals surface area contributed by atoms with Gasteiger partial charge in [0.05, 0.1) is 19.9 Å². The first-order valence-corrected chi connectivity index (χ1v) is 8.49. The Morgan fingerprint density at radius 2 is 1.91 bits per heavy atom. The zero-order chi connectivity index (χ0) is 17.2. The van der Waals surface area contributed by atoms with Crippen LogP contribution in [-0.4, -0.2) is 32.4 Å². The number of nitrogens with zero attached hydrogens (tertiary/aromatic N) is 2. The van der Waals surface area contributed by atoms with Crippen molar-refractivity contribution < 1.29 is 17.9 Å². The number of sulfonamides is 1. The van der Waals surface area contributed by atoms with Crippen LogP contribution in [0.1, 0.15) is 17.0 Å². The van der Waals surface area contributed by atoms with E-state index in [1.54, 1.807) is 16.8 Å². The summed E-state index contributed by atoms with van der Waals surface area (Å²) in [6, 6.07) is 4.64. The van der Waals surface area contributed by atoms with Crippen LogP contribution in [0.2, 0.25) is 0 Å². The lowest BCUT2D eigenvalue weighted by molar-refractivity contribution is 0.392. The molecular weight excluding hydrogens is 318 g/mol. The third-order valence-electron chi connectivity index (χ3n) is 3.76. The normalized spacial score (nSPS) is 11.5. The summed E-state index contributed by atoms with van der Waals surface area (Å²) < 4.78 is 39.8. The topological polar surface area (TPSA) is 82.4 Å². The molecule has 0 radical (unpaired) electrons. The van der Waals surface area contributed by atoms with Crippen molar-refractivity contribution in [2.45, 2.75) is 25.3 Å². The Bertz CT molecular complexity index is 812. The van der Waals surface area contributed by atoms with E-state index >= 15 is 0 Å². The lowest BCUT2D eigenvalue weighted by atomic mass is 10.2. The van der Waals surface area contributed by atoms with Gasteiger partial charge in [0.1, 0.15) is 16.4 Å². The van der Waals surface area contributed by atoms with Crippen LogP contribution < -0.4 is 14.2 Å². The Hall–Kier alpha value is -2.06. The van der Waals surface area contributed by atoms with Gasteiger partial charge < -0.3 is 9.47 Å². The summed E-state index contributed by atoms with van der Waals surface area (Å²) in [6.07, 6.45) is 0. The van der Waals surface area contributed by atoms with Crippen LogP contribution in [0.4, 0.5) is 0 Å². The number of benzene rings is 1. The Morgan fingerprint density at radius 3 is 2.43 bits per heavy atom. The molecule has 0 spiro atoms. The molecule has 1 aromatic heterocycles. The lowest BCUT2D eigenvalue weighted by Crippen LogP contribution is -2.24. The van der Waals surface area contributed by atoms with Gasteiger partial charge in [0.15, 0.2) is 0 Å². The number of rotatable bonds is 6. The highest BCUT2D eigenvalue weighted by Crippen LogP contribution is 2.28. The summed E-state index contributed by atoms with van der Waals surface area (Å²) in [5, 5.41) is 4.28. The van der Waals surface area contributed by atoms with Crippen LogP contribution in [0, 0.1) is 13.8 Å². The van der Waals surface area contributed by atoms with Gasteiger partial charge in [-0.15, -0.1) is 0 Å². The van der Waals surface area contributed by atoms with Crippen LogP contribution in [0.25, 0.3) is 0 Å². The SMILES string of the molecule is COc1ccc(OC)c(S(=O)(=O)NCc2c(C)nn(C)c2C)c1. The van der Waals surface area contributed by atoms with E-state index in [-0.39, 0.29) is 17.2 Å². The van der Waals surface area contributed by atoms with E-state index < -0.39 is 10.0 Å². The molecule has 0 aliphatic rings. The monoisotopic (exact) mass is 339 g/mol. The minimum absolute atomic E-state index is 0.0403. The highest BCUT2D eigenvalue weighted by molar-refractivity contribution is 7.89. The first-order valence-electron chi connectivity index (χ1n) is 7.01. The first-order chi connectivity index (χ1) is 10.8. The summed E-state index contributed by atoms with van der Waals surface area (Å²) in [4.78, 5) is 0.0403. The molecule has 0 fully saturated rings. The number of hydrogen-bond donors (Lipinski definition) is 1. The summed E-state index contributed by atoms with van der Waals surface area (Å²) in [6.45, 7) is 3.91. The smallest absolute Gasteiger partial charge is 0.244 e. The Morgan fingerprint density at radius 1 is 1.22 bits per heavy atom. The third kappa shape index (κ3) is 3.48. The van der Waals surface area contributed by atoms with Gasteiger partial charge >= 0.3 is 0 Å². The van der Waals surface area contributed by atoms with Gasteiger partial charge in [0, 0.05) is 30.9 Å². The minimum Gasteiger partial charge on any atom is -0.497 e. The summed E-state index contributed by atoms with van der Waals surface area (Å²) in [5.74, 6) is 0.706. The van der Waals surface area contributed by atoms with Gasteiger partial charge in [-0.25, -0.2) is 13.1 Å². The number of ether oxygens (including phenoxy) is 2. The molecule has 1 aromatic carbocycles. The molecule has 0 unspecified atom stereocenters. The molecule has 1 heterocycles. The molecule has 1 N–H and O–H groups in total. The Labute approximate surface area is 136 Å². The molecule has 0 amide bonds. The molecule has 0 saturated heterocycles. The number of aromatic nitrogens is 2. The van der Waals surface area contributed by atoms with E-state index in [0.29, 0.717) is 5.75 Å². The van der Waals surface area contributed by atoms with E-state index in [1.165, 1.54) is 20.3 Å². The first kappa shape index (κ1) is 17.3. The molecule has 0 saturated carbocycles. The fourth-order valence-electron chi connectivity index (χ4n) is 2.31. The molecule has 2 rings (SSSR count). The molecule has 126 valence electrons. The largest absolute Gasteiger partial charge is 0.497 e. The van der Waals surface area contributed by atoms with Gasteiger partial charge in [-0.05, 0) is 26.0 Å². The van der Waals surface area contributed by atoms with Crippen molar-refractivity contribution in [2.24, 2.45) is 7.05 Å². The van der Waals surface area contributed by atoms with E-state index in [9.17, 15) is 8.42 Å². The van der Waals surface area contributed by atoms with Crippen molar-refractivity contribution in [3.05, 3.63) is 35.2 Å². The molecule has 0 bridgehead atoms. The number of aryl methyl sites for hydroxylation is 2. The van der Waals surface area contributed by atoms with Crippen LogP contribution in [0.3, 0.4) is 0 Å². The number of hydrogen-bond acceptors (Lipinski definition) is 5. The fourth-order valence-corrected chi connectivity index (χ4v) is 3.49. The molecule has 0 atom stereocenters. The number of methoxy groups -OCH3 is 2. The van der Waals surface area contributed by atoms with E-state index in [0.717, 1.165) is 17.0 Å². The molecule has 8 heteroatoms. The predicted octanol–water partition coefficient (Wildman–Crippen LogP) is 1.53. The molecule has 23 heavy (non-hydrogen) atoms. The van der Waals surface area contributed by atoms with Gasteiger partial charge in [0.25, 0.3) is 0 Å². The van der Waals surface area contributed by atoms with Gasteiger partial charge in [0.2, 0.25) is 10.0 Å². The Kier molecular flexibility index (Phi) is 4.96. The van der Waals surface area contributed by atoms with Gasteiger partial charge in [-0.2, -0.15) is 5.10 Å². The van der Waals surface area contributed by atoms with Crippen LogP contribution in [0.5, 0.6) is 11.5 Å². The van der Waals surface area contributed by atoms with Crippen molar-refractivity contribution in [1.82, 2.24) is 14.5 Å². The zero-order valence-electron chi connectivity index (χ0n) is 13.9. The molecule has 0 aliphatic carbocycles. The van der Waals surface area contributed by atoms with Crippen LogP contribution in [0.15, 0.2) is 23.1 Å². The second kappa shape index (κ2) is 6.59. The summed E-state index contributed by atoms with van der Waals surface area (Å²) >= 11 is 0. The van der Waals surface area contributed by atoms with Crippen molar-refractivity contribution in [3.63, 3.8) is 0 Å². The summed E-state index contributed by atoms with van der Waals surface area (Å²) in [7, 11) is 0.982. The highest BCUT2D eigenvalue weighted by Gasteiger charge is 2.21. The van der Waals surface area contributed by atoms with Gasteiger partial charge in [-0.1, -0.05) is 0 Å². The maximum absolute atomic E-state index is 12.6. The minimum atomic E-state index is -3.75. The standard InChI is InChI=1S/C15H21N3O4S/c1-10-13(11(2)18(3)17-10)9-16-23(19,20)15-8-12(21-4)6-7-14(15)22-5/h6-8,16H,9H2,1-5H3. The summed E-state index contributed by atoms with van der Waals surface area (Å²) in [5.41, 5.74) is 2.58. The molecule has 2 aromatic rings. The maximum Gasteiger partial charge on any atom is 0.244 e. The average molecular weight is 339 g/mol. The van der Waals surface area contributed by atoms with Gasteiger partial charge in [-0.3, -0.25) is 4.68 Å². The zero-order valence-corrected chi connectivity index (χ0v) is 14.7. The van der Waals surface area contributed by atoms with Crippen LogP contribution in [-0.2, 0) is 23.6 Å². The van der Waals surface area contributed by atoms with Crippen molar-refractivity contribution in [2.75, 3.05) is 14.2 Å². The average Bonchev–Trinajstić information content (AvgIpc) is 2.77. The van der Waals surface area contributed by atoms with Crippen LogP contribution >= 0.6 is 0 Å². The maximum atomic E-state index is 12.6. The second-order valence-corrected chi connectivity index (χ2v) is 6.85. The number of nitrogens with one attached hydrogen (secondary N) is 1. The van der Waals surface area contributed by atoms with E-state index in [2.05, 4.69) is 9.82 Å². The highest BCUT2D eigenvalue weighted by atomic mass is 32.2. The van der Waals surface area contributed by atoms with Crippen molar-refractivity contribution >= 4 is 10.0 Å². The van der Waals surface area contributed by atoms with E-state index in [4.69, 9.17) is 9.47 Å². The quantitative estimate of drug-likeness (QED) is 0.863. The fraction of sp³-hybridized carbons (Fsp3) is 0.400.